The summed E-state index contributed by atoms with van der Waals surface area (Å²) in [7, 11) is 0. The molecule has 142 valence electrons. The van der Waals surface area contributed by atoms with E-state index in [1.807, 2.05) is 35.0 Å². The van der Waals surface area contributed by atoms with Crippen LogP contribution in [0.25, 0.3) is 17.0 Å². The van der Waals surface area contributed by atoms with Gasteiger partial charge in [-0.3, -0.25) is 14.9 Å². The number of imide groups is 1. The molecule has 0 unspecified atom stereocenters. The minimum Gasteiger partial charge on any atom is -0.342 e. The third kappa shape index (κ3) is 3.55. The largest absolute Gasteiger partial charge is 0.416 e. The van der Waals surface area contributed by atoms with Crippen molar-refractivity contribution in [3.63, 3.8) is 0 Å². The number of nitrogens with one attached hydrogen (secondary N) is 1. The van der Waals surface area contributed by atoms with Crippen LogP contribution in [-0.4, -0.2) is 15.7 Å². The van der Waals surface area contributed by atoms with Crippen molar-refractivity contribution in [2.45, 2.75) is 12.7 Å². The number of carbonyl (C=O) groups excluding carboxylic acids is 2. The van der Waals surface area contributed by atoms with Crippen LogP contribution in [0.5, 0.6) is 0 Å². The maximum atomic E-state index is 12.7. The molecule has 0 atom stereocenters. The molecule has 1 N–H and O–H groups in total. The number of hydrogen-bond acceptors (Lipinski definition) is 3. The van der Waals surface area contributed by atoms with Gasteiger partial charge in [-0.1, -0.05) is 30.3 Å². The van der Waals surface area contributed by atoms with Crippen LogP contribution in [0.15, 0.2) is 59.6 Å². The third-order valence-electron chi connectivity index (χ3n) is 4.38. The third-order valence-corrected chi connectivity index (χ3v) is 5.19. The minimum atomic E-state index is -4.37. The summed E-state index contributed by atoms with van der Waals surface area (Å²) in [6.07, 6.45) is -0.891. The molecule has 0 radical (unpaired) electrons. The molecule has 1 fully saturated rings. The standard InChI is InChI=1S/C20H13F3N2O2S/c21-20(22,23)14-7-5-12(6-8-14)10-25-11-13(15-3-1-2-4-16(15)25)9-17-18(26)24-19(27)28-17/h1-9,11H,10H2,(H,24,26,27)/b17-9-. The van der Waals surface area contributed by atoms with E-state index in [0.717, 1.165) is 45.9 Å². The molecular weight excluding hydrogens is 389 g/mol. The van der Waals surface area contributed by atoms with Gasteiger partial charge < -0.3 is 4.57 Å². The number of aromatic nitrogens is 1. The molecule has 1 aliphatic heterocycles. The van der Waals surface area contributed by atoms with Crippen LogP contribution < -0.4 is 5.32 Å². The van der Waals surface area contributed by atoms with Gasteiger partial charge in [0.2, 0.25) is 0 Å². The van der Waals surface area contributed by atoms with E-state index in [1.165, 1.54) is 12.1 Å². The van der Waals surface area contributed by atoms with E-state index in [2.05, 4.69) is 5.32 Å². The minimum absolute atomic E-state index is 0.308. The summed E-state index contributed by atoms with van der Waals surface area (Å²) < 4.78 is 40.1. The van der Waals surface area contributed by atoms with Crippen LogP contribution in [-0.2, 0) is 17.5 Å². The average molecular weight is 402 g/mol. The fourth-order valence-electron chi connectivity index (χ4n) is 3.08. The summed E-state index contributed by atoms with van der Waals surface area (Å²) in [4.78, 5) is 23.5. The molecule has 0 bridgehead atoms. The SMILES string of the molecule is O=C1NC(=O)/C(=C/c2cn(Cc3ccc(C(F)(F)F)cc3)c3ccccc23)S1. The molecule has 2 heterocycles. The number of carbonyl (C=O) groups is 2. The molecule has 8 heteroatoms. The van der Waals surface area contributed by atoms with Crippen LogP contribution >= 0.6 is 11.8 Å². The van der Waals surface area contributed by atoms with Gasteiger partial charge in [-0.2, -0.15) is 13.2 Å². The van der Waals surface area contributed by atoms with Crippen molar-refractivity contribution < 1.29 is 22.8 Å². The number of halogens is 3. The quantitative estimate of drug-likeness (QED) is 0.625. The lowest BCUT2D eigenvalue weighted by Crippen LogP contribution is -2.17. The Kier molecular flexibility index (Phi) is 4.50. The molecule has 2 aromatic carbocycles. The van der Waals surface area contributed by atoms with Crippen molar-refractivity contribution in [3.05, 3.63) is 76.3 Å². The van der Waals surface area contributed by atoms with Crippen molar-refractivity contribution in [1.82, 2.24) is 9.88 Å². The van der Waals surface area contributed by atoms with E-state index in [-0.39, 0.29) is 0 Å². The topological polar surface area (TPSA) is 51.1 Å². The van der Waals surface area contributed by atoms with Crippen molar-refractivity contribution in [1.29, 1.82) is 0 Å². The van der Waals surface area contributed by atoms with Crippen molar-refractivity contribution in [2.24, 2.45) is 0 Å². The lowest BCUT2D eigenvalue weighted by molar-refractivity contribution is -0.137. The molecule has 28 heavy (non-hydrogen) atoms. The van der Waals surface area contributed by atoms with Gasteiger partial charge in [-0.05, 0) is 41.6 Å². The Morgan fingerprint density at radius 3 is 2.39 bits per heavy atom. The summed E-state index contributed by atoms with van der Waals surface area (Å²) in [5, 5.41) is 2.69. The predicted molar refractivity (Wildman–Crippen MR) is 102 cm³/mol. The zero-order valence-electron chi connectivity index (χ0n) is 14.3. The van der Waals surface area contributed by atoms with E-state index in [9.17, 15) is 22.8 Å². The van der Waals surface area contributed by atoms with E-state index < -0.39 is 22.9 Å². The zero-order valence-corrected chi connectivity index (χ0v) is 15.1. The Morgan fingerprint density at radius 1 is 1.04 bits per heavy atom. The maximum Gasteiger partial charge on any atom is 0.416 e. The van der Waals surface area contributed by atoms with Crippen molar-refractivity contribution >= 4 is 39.9 Å². The molecule has 1 aromatic heterocycles. The lowest BCUT2D eigenvalue weighted by atomic mass is 10.1. The zero-order chi connectivity index (χ0) is 19.9. The summed E-state index contributed by atoms with van der Waals surface area (Å²) in [6.45, 7) is 0.375. The summed E-state index contributed by atoms with van der Waals surface area (Å²) >= 11 is 0.840. The number of fused-ring (bicyclic) bond motifs is 1. The smallest absolute Gasteiger partial charge is 0.342 e. The molecule has 0 spiro atoms. The van der Waals surface area contributed by atoms with Crippen LogP contribution in [0.3, 0.4) is 0 Å². The monoisotopic (exact) mass is 402 g/mol. The number of amides is 2. The second kappa shape index (κ2) is 6.87. The van der Waals surface area contributed by atoms with Crippen LogP contribution in [0, 0.1) is 0 Å². The molecule has 1 aliphatic rings. The Morgan fingerprint density at radius 2 is 1.75 bits per heavy atom. The Balaban J connectivity index is 1.70. The van der Waals surface area contributed by atoms with Gasteiger partial charge in [0.25, 0.3) is 11.1 Å². The fourth-order valence-corrected chi connectivity index (χ4v) is 3.75. The van der Waals surface area contributed by atoms with E-state index in [1.54, 1.807) is 6.08 Å². The van der Waals surface area contributed by atoms with Crippen LogP contribution in [0.2, 0.25) is 0 Å². The van der Waals surface area contributed by atoms with Gasteiger partial charge in [0.05, 0.1) is 10.5 Å². The first-order valence-electron chi connectivity index (χ1n) is 8.30. The molecule has 3 aromatic rings. The molecule has 2 amide bonds. The average Bonchev–Trinajstić information content (AvgIpc) is 3.15. The number of benzene rings is 2. The van der Waals surface area contributed by atoms with Gasteiger partial charge in [-0.25, -0.2) is 0 Å². The first-order chi connectivity index (χ1) is 13.3. The second-order valence-corrected chi connectivity index (χ2v) is 7.29. The summed E-state index contributed by atoms with van der Waals surface area (Å²) in [5.41, 5.74) is 1.67. The predicted octanol–water partition coefficient (Wildman–Crippen LogP) is 5.03. The number of thioether (sulfide) groups is 1. The number of nitrogens with zero attached hydrogens (tertiary/aromatic N) is 1. The molecule has 0 aliphatic carbocycles. The number of rotatable bonds is 3. The molecule has 4 nitrogen and oxygen atoms in total. The number of alkyl halides is 3. The highest BCUT2D eigenvalue weighted by Crippen LogP contribution is 2.31. The van der Waals surface area contributed by atoms with Crippen molar-refractivity contribution in [2.75, 3.05) is 0 Å². The van der Waals surface area contributed by atoms with Crippen LogP contribution in [0.4, 0.5) is 18.0 Å². The Bertz CT molecular complexity index is 1110. The first-order valence-corrected chi connectivity index (χ1v) is 9.12. The van der Waals surface area contributed by atoms with Gasteiger partial charge in [-0.15, -0.1) is 0 Å². The highest BCUT2D eigenvalue weighted by molar-refractivity contribution is 8.18. The summed E-state index contributed by atoms with van der Waals surface area (Å²) in [5.74, 6) is -0.436. The van der Waals surface area contributed by atoms with Gasteiger partial charge in [0.1, 0.15) is 0 Å². The Labute approximate surface area is 162 Å². The second-order valence-electron chi connectivity index (χ2n) is 6.28. The van der Waals surface area contributed by atoms with Crippen molar-refractivity contribution in [3.8, 4) is 0 Å². The summed E-state index contributed by atoms with van der Waals surface area (Å²) in [6, 6.07) is 12.6. The van der Waals surface area contributed by atoms with Gasteiger partial charge in [0.15, 0.2) is 0 Å². The normalized spacial score (nSPS) is 16.2. The van der Waals surface area contributed by atoms with E-state index >= 15 is 0 Å². The number of para-hydroxylation sites is 1. The fraction of sp³-hybridized carbons (Fsp3) is 0.100. The van der Waals surface area contributed by atoms with Gasteiger partial charge >= 0.3 is 6.18 Å². The van der Waals surface area contributed by atoms with Crippen LogP contribution in [0.1, 0.15) is 16.7 Å². The van der Waals surface area contributed by atoms with E-state index in [4.69, 9.17) is 0 Å². The first kappa shape index (κ1) is 18.4. The highest BCUT2D eigenvalue weighted by Gasteiger charge is 2.30. The Hall–Kier alpha value is -3.00. The lowest BCUT2D eigenvalue weighted by Gasteiger charge is -2.09. The maximum absolute atomic E-state index is 12.7. The van der Waals surface area contributed by atoms with E-state index in [0.29, 0.717) is 11.4 Å². The number of hydrogen-bond donors (Lipinski definition) is 1. The van der Waals surface area contributed by atoms with Gasteiger partial charge in [0, 0.05) is 29.2 Å². The molecule has 4 rings (SSSR count). The molecular formula is C20H13F3N2O2S. The molecule has 1 saturated heterocycles. The molecule has 0 saturated carbocycles. The highest BCUT2D eigenvalue weighted by atomic mass is 32.2.